The van der Waals surface area contributed by atoms with Gasteiger partial charge in [0, 0.05) is 12.5 Å². The molecular weight excluding hydrogens is 432 g/mol. The maximum atomic E-state index is 12.5. The molecule has 174 valence electrons. The maximum Gasteiger partial charge on any atom is 0.407 e. The highest BCUT2D eigenvalue weighted by molar-refractivity contribution is 5.86. The molecule has 1 unspecified atom stereocenters. The van der Waals surface area contributed by atoms with E-state index >= 15 is 0 Å². The van der Waals surface area contributed by atoms with E-state index in [2.05, 4.69) is 22.8 Å². The number of carbonyl (C=O) groups is 3. The number of carboxylic acids is 1. The number of ether oxygens (including phenoxy) is 1. The van der Waals surface area contributed by atoms with Crippen LogP contribution in [0, 0.1) is 5.92 Å². The van der Waals surface area contributed by atoms with E-state index in [9.17, 15) is 19.5 Å². The Morgan fingerprint density at radius 1 is 0.882 bits per heavy atom. The highest BCUT2D eigenvalue weighted by atomic mass is 16.5. The second kappa shape index (κ2) is 10.2. The molecule has 1 aliphatic rings. The predicted molar refractivity (Wildman–Crippen MR) is 127 cm³/mol. The second-order valence-electron chi connectivity index (χ2n) is 8.30. The maximum absolute atomic E-state index is 12.5. The molecule has 0 saturated carbocycles. The second-order valence-corrected chi connectivity index (χ2v) is 8.30. The van der Waals surface area contributed by atoms with E-state index in [0.29, 0.717) is 5.56 Å². The fourth-order valence-electron chi connectivity index (χ4n) is 4.20. The molecule has 0 fully saturated rings. The van der Waals surface area contributed by atoms with Gasteiger partial charge in [0.15, 0.2) is 6.04 Å². The number of aliphatic carboxylic acids is 1. The summed E-state index contributed by atoms with van der Waals surface area (Å²) in [7, 11) is 0. The third-order valence-corrected chi connectivity index (χ3v) is 6.01. The lowest BCUT2D eigenvalue weighted by molar-refractivity contribution is -0.142. The molecule has 34 heavy (non-hydrogen) atoms. The summed E-state index contributed by atoms with van der Waals surface area (Å²) < 4.78 is 5.48. The molecule has 0 aliphatic heterocycles. The van der Waals surface area contributed by atoms with Crippen molar-refractivity contribution in [1.82, 2.24) is 10.6 Å². The molecule has 2 amide bonds. The van der Waals surface area contributed by atoms with Gasteiger partial charge in [0.2, 0.25) is 5.91 Å². The van der Waals surface area contributed by atoms with Crippen LogP contribution in [0.2, 0.25) is 0 Å². The quantitative estimate of drug-likeness (QED) is 0.471. The van der Waals surface area contributed by atoms with Gasteiger partial charge in [0.1, 0.15) is 6.61 Å². The van der Waals surface area contributed by atoms with Crippen LogP contribution in [-0.2, 0) is 14.3 Å². The van der Waals surface area contributed by atoms with Crippen molar-refractivity contribution in [2.24, 2.45) is 5.92 Å². The summed E-state index contributed by atoms with van der Waals surface area (Å²) in [5, 5.41) is 14.6. The fourth-order valence-corrected chi connectivity index (χ4v) is 4.20. The Bertz CT molecular complexity index is 1150. The minimum atomic E-state index is -1.16. The summed E-state index contributed by atoms with van der Waals surface area (Å²) in [5.74, 6) is -2.33. The number of amides is 2. The largest absolute Gasteiger partial charge is 0.479 e. The number of hydrogen-bond acceptors (Lipinski definition) is 4. The van der Waals surface area contributed by atoms with Crippen molar-refractivity contribution in [2.45, 2.75) is 18.9 Å². The standard InChI is InChI=1S/C27H26N2O5/c1-17(25(30)29-24(26(31)32)18-9-3-2-4-10-18)15-28-27(33)34-16-23-21-13-7-5-11-19(21)20-12-6-8-14-22(20)23/h2-14,17,23-24H,15-16H2,1H3,(H,28,33)(H,29,30)(H,31,32)/t17?,24-/m1/s1. The number of benzene rings is 3. The van der Waals surface area contributed by atoms with Crippen LogP contribution in [0.1, 0.15) is 35.6 Å². The van der Waals surface area contributed by atoms with E-state index in [0.717, 1.165) is 22.3 Å². The Kier molecular flexibility index (Phi) is 6.92. The smallest absolute Gasteiger partial charge is 0.407 e. The molecule has 3 aromatic carbocycles. The van der Waals surface area contributed by atoms with E-state index in [1.807, 2.05) is 36.4 Å². The molecule has 1 aliphatic carbocycles. The predicted octanol–water partition coefficient (Wildman–Crippen LogP) is 4.10. The molecule has 7 heteroatoms. The van der Waals surface area contributed by atoms with Gasteiger partial charge < -0.3 is 20.5 Å². The molecule has 2 atom stereocenters. The minimum absolute atomic E-state index is 0.0175. The average molecular weight is 459 g/mol. The Labute approximate surface area is 197 Å². The highest BCUT2D eigenvalue weighted by Gasteiger charge is 2.29. The molecule has 4 rings (SSSR count). The molecule has 0 heterocycles. The first-order valence-electron chi connectivity index (χ1n) is 11.1. The Morgan fingerprint density at radius 2 is 1.44 bits per heavy atom. The average Bonchev–Trinajstić information content (AvgIpc) is 3.18. The number of rotatable bonds is 8. The fraction of sp³-hybridized carbons (Fsp3) is 0.222. The van der Waals surface area contributed by atoms with Crippen LogP contribution >= 0.6 is 0 Å². The monoisotopic (exact) mass is 458 g/mol. The van der Waals surface area contributed by atoms with Crippen molar-refractivity contribution in [3.05, 3.63) is 95.6 Å². The number of alkyl carbamates (subject to hydrolysis) is 1. The SMILES string of the molecule is CC(CNC(=O)OCC1c2ccccc2-c2ccccc21)C(=O)N[C@@H](C(=O)O)c1ccccc1. The first kappa shape index (κ1) is 23.0. The summed E-state index contributed by atoms with van der Waals surface area (Å²) in [4.78, 5) is 36.5. The molecule has 0 bridgehead atoms. The lowest BCUT2D eigenvalue weighted by Crippen LogP contribution is -2.41. The van der Waals surface area contributed by atoms with Crippen molar-refractivity contribution in [3.63, 3.8) is 0 Å². The van der Waals surface area contributed by atoms with Crippen LogP contribution < -0.4 is 10.6 Å². The van der Waals surface area contributed by atoms with Crippen LogP contribution in [0.15, 0.2) is 78.9 Å². The molecule has 0 spiro atoms. The van der Waals surface area contributed by atoms with Gasteiger partial charge in [-0.05, 0) is 27.8 Å². The van der Waals surface area contributed by atoms with E-state index < -0.39 is 29.9 Å². The number of fused-ring (bicyclic) bond motifs is 3. The lowest BCUT2D eigenvalue weighted by Gasteiger charge is -2.19. The van der Waals surface area contributed by atoms with Crippen molar-refractivity contribution in [2.75, 3.05) is 13.2 Å². The first-order chi connectivity index (χ1) is 16.5. The van der Waals surface area contributed by atoms with Crippen molar-refractivity contribution >= 4 is 18.0 Å². The number of carboxylic acid groups (broad SMARTS) is 1. The van der Waals surface area contributed by atoms with Gasteiger partial charge in [-0.25, -0.2) is 9.59 Å². The Morgan fingerprint density at radius 3 is 2.03 bits per heavy atom. The van der Waals surface area contributed by atoms with Crippen LogP contribution in [0.5, 0.6) is 0 Å². The molecule has 0 aromatic heterocycles. The summed E-state index contributed by atoms with van der Waals surface area (Å²) >= 11 is 0. The lowest BCUT2D eigenvalue weighted by atomic mass is 9.98. The van der Waals surface area contributed by atoms with Gasteiger partial charge in [-0.15, -0.1) is 0 Å². The molecule has 3 N–H and O–H groups in total. The van der Waals surface area contributed by atoms with E-state index in [-0.39, 0.29) is 19.1 Å². The third kappa shape index (κ3) is 4.93. The van der Waals surface area contributed by atoms with Crippen LogP contribution in [-0.4, -0.2) is 36.2 Å². The van der Waals surface area contributed by atoms with E-state index in [1.54, 1.807) is 37.3 Å². The molecule has 0 radical (unpaired) electrons. The molecule has 0 saturated heterocycles. The van der Waals surface area contributed by atoms with Crippen LogP contribution in [0.25, 0.3) is 11.1 Å². The molecule has 3 aromatic rings. The summed E-state index contributed by atoms with van der Waals surface area (Å²) in [6.07, 6.45) is -0.626. The van der Waals surface area contributed by atoms with E-state index in [1.165, 1.54) is 0 Å². The molecule has 7 nitrogen and oxygen atoms in total. The topological polar surface area (TPSA) is 105 Å². The van der Waals surface area contributed by atoms with Crippen molar-refractivity contribution in [3.8, 4) is 11.1 Å². The first-order valence-corrected chi connectivity index (χ1v) is 11.1. The Balaban J connectivity index is 1.30. The van der Waals surface area contributed by atoms with Crippen molar-refractivity contribution in [1.29, 1.82) is 0 Å². The van der Waals surface area contributed by atoms with Crippen molar-refractivity contribution < 1.29 is 24.2 Å². The summed E-state index contributed by atoms with van der Waals surface area (Å²) in [6, 6.07) is 23.4. The van der Waals surface area contributed by atoms with Gasteiger partial charge in [-0.2, -0.15) is 0 Å². The zero-order valence-electron chi connectivity index (χ0n) is 18.7. The van der Waals surface area contributed by atoms with Gasteiger partial charge in [0.25, 0.3) is 0 Å². The van der Waals surface area contributed by atoms with E-state index in [4.69, 9.17) is 4.74 Å². The van der Waals surface area contributed by atoms with Crippen LogP contribution in [0.3, 0.4) is 0 Å². The molecular formula is C27H26N2O5. The minimum Gasteiger partial charge on any atom is -0.479 e. The zero-order valence-corrected chi connectivity index (χ0v) is 18.7. The van der Waals surface area contributed by atoms with Gasteiger partial charge in [0.05, 0.1) is 5.92 Å². The summed E-state index contributed by atoms with van der Waals surface area (Å²) in [5.41, 5.74) is 4.99. The Hall–Kier alpha value is -4.13. The number of nitrogens with one attached hydrogen (secondary N) is 2. The number of carbonyl (C=O) groups excluding carboxylic acids is 2. The normalized spacial score (nSPS) is 13.8. The van der Waals surface area contributed by atoms with Gasteiger partial charge in [-0.3, -0.25) is 4.79 Å². The van der Waals surface area contributed by atoms with Crippen LogP contribution in [0.4, 0.5) is 4.79 Å². The zero-order chi connectivity index (χ0) is 24.1. The highest BCUT2D eigenvalue weighted by Crippen LogP contribution is 2.44. The van der Waals surface area contributed by atoms with Gasteiger partial charge >= 0.3 is 12.1 Å². The van der Waals surface area contributed by atoms with Gasteiger partial charge in [-0.1, -0.05) is 85.8 Å². The number of hydrogen-bond donors (Lipinski definition) is 3. The summed E-state index contributed by atoms with van der Waals surface area (Å²) in [6.45, 7) is 1.81. The third-order valence-electron chi connectivity index (χ3n) is 6.01.